The third kappa shape index (κ3) is 3.03. The van der Waals surface area contributed by atoms with Gasteiger partial charge in [0, 0.05) is 19.9 Å². The highest BCUT2D eigenvalue weighted by molar-refractivity contribution is 5.77. The Morgan fingerprint density at radius 1 is 1.41 bits per heavy atom. The van der Waals surface area contributed by atoms with Crippen LogP contribution in [0.3, 0.4) is 0 Å². The number of aryl methyl sites for hydroxylation is 2. The number of rotatable bonds is 5. The Bertz CT molecular complexity index is 665. The Balaban J connectivity index is 1.65. The van der Waals surface area contributed by atoms with E-state index < -0.39 is 0 Å². The Kier molecular flexibility index (Phi) is 4.22. The van der Waals surface area contributed by atoms with Gasteiger partial charge in [0.25, 0.3) is 0 Å². The van der Waals surface area contributed by atoms with Gasteiger partial charge in [-0.1, -0.05) is 29.4 Å². The number of amides is 1. The van der Waals surface area contributed by atoms with E-state index in [0.29, 0.717) is 37.1 Å². The average molecular weight is 299 g/mol. The number of hydrogen-bond acceptors (Lipinski definition) is 4. The van der Waals surface area contributed by atoms with Gasteiger partial charge in [0.2, 0.25) is 11.8 Å². The molecule has 22 heavy (non-hydrogen) atoms. The molecular formula is C17H21N3O2. The van der Waals surface area contributed by atoms with E-state index in [0.717, 1.165) is 12.8 Å². The van der Waals surface area contributed by atoms with Crippen LogP contribution in [0.2, 0.25) is 0 Å². The van der Waals surface area contributed by atoms with Gasteiger partial charge in [0.05, 0.1) is 6.54 Å². The van der Waals surface area contributed by atoms with Crippen LogP contribution in [0, 0.1) is 6.92 Å². The molecule has 1 atom stereocenters. The first-order chi connectivity index (χ1) is 10.7. The molecule has 1 aliphatic carbocycles. The maximum absolute atomic E-state index is 12.6. The topological polar surface area (TPSA) is 59.2 Å². The largest absolute Gasteiger partial charge is 0.340 e. The molecule has 1 aliphatic rings. The zero-order valence-corrected chi connectivity index (χ0v) is 13.1. The predicted octanol–water partition coefficient (Wildman–Crippen LogP) is 2.85. The standard InChI is InChI=1S/C17H21N3O2/c1-3-20(11-16-18-12(2)22-19-16)17(21)10-14-9-8-13-6-4-5-7-15(13)14/h4-7,14H,3,8-11H2,1-2H3. The predicted molar refractivity (Wildman–Crippen MR) is 82.2 cm³/mol. The molecule has 1 amide bonds. The van der Waals surface area contributed by atoms with Crippen LogP contribution in [-0.4, -0.2) is 27.5 Å². The molecule has 0 aliphatic heterocycles. The molecule has 3 rings (SSSR count). The minimum Gasteiger partial charge on any atom is -0.340 e. The molecular weight excluding hydrogens is 278 g/mol. The lowest BCUT2D eigenvalue weighted by Crippen LogP contribution is -2.31. The number of benzene rings is 1. The lowest BCUT2D eigenvalue weighted by atomic mass is 9.97. The van der Waals surface area contributed by atoms with Crippen LogP contribution in [0.5, 0.6) is 0 Å². The van der Waals surface area contributed by atoms with Crippen molar-refractivity contribution in [2.75, 3.05) is 6.54 Å². The van der Waals surface area contributed by atoms with Crippen LogP contribution in [0.1, 0.15) is 48.5 Å². The third-order valence-corrected chi connectivity index (χ3v) is 4.31. The van der Waals surface area contributed by atoms with Crippen molar-refractivity contribution < 1.29 is 9.32 Å². The number of hydrogen-bond donors (Lipinski definition) is 0. The number of nitrogens with zero attached hydrogens (tertiary/aromatic N) is 3. The lowest BCUT2D eigenvalue weighted by molar-refractivity contribution is -0.132. The summed E-state index contributed by atoms with van der Waals surface area (Å²) in [6.07, 6.45) is 2.69. The van der Waals surface area contributed by atoms with Gasteiger partial charge in [-0.15, -0.1) is 0 Å². The molecule has 116 valence electrons. The molecule has 0 saturated carbocycles. The Morgan fingerprint density at radius 2 is 2.23 bits per heavy atom. The van der Waals surface area contributed by atoms with E-state index in [-0.39, 0.29) is 5.91 Å². The maximum atomic E-state index is 12.6. The van der Waals surface area contributed by atoms with Gasteiger partial charge in [0.15, 0.2) is 5.82 Å². The molecule has 5 heteroatoms. The Hall–Kier alpha value is -2.17. The summed E-state index contributed by atoms with van der Waals surface area (Å²) in [5.74, 6) is 1.60. The van der Waals surface area contributed by atoms with E-state index in [2.05, 4.69) is 34.4 Å². The summed E-state index contributed by atoms with van der Waals surface area (Å²) in [6.45, 7) is 4.80. The van der Waals surface area contributed by atoms with Crippen molar-refractivity contribution >= 4 is 5.91 Å². The SMILES string of the molecule is CCN(Cc1noc(C)n1)C(=O)CC1CCc2ccccc21. The number of aromatic nitrogens is 2. The van der Waals surface area contributed by atoms with Crippen LogP contribution in [0.25, 0.3) is 0 Å². The van der Waals surface area contributed by atoms with E-state index in [1.54, 1.807) is 11.8 Å². The monoisotopic (exact) mass is 299 g/mol. The molecule has 1 unspecified atom stereocenters. The van der Waals surface area contributed by atoms with Crippen molar-refractivity contribution in [3.05, 3.63) is 47.1 Å². The highest BCUT2D eigenvalue weighted by Gasteiger charge is 2.26. The first-order valence-corrected chi connectivity index (χ1v) is 7.82. The van der Waals surface area contributed by atoms with Gasteiger partial charge in [-0.2, -0.15) is 4.98 Å². The molecule has 0 radical (unpaired) electrons. The maximum Gasteiger partial charge on any atom is 0.223 e. The molecule has 1 aromatic carbocycles. The van der Waals surface area contributed by atoms with Gasteiger partial charge in [0.1, 0.15) is 0 Å². The number of fused-ring (bicyclic) bond motifs is 1. The summed E-state index contributed by atoms with van der Waals surface area (Å²) >= 11 is 0. The second-order valence-corrected chi connectivity index (χ2v) is 5.78. The highest BCUT2D eigenvalue weighted by atomic mass is 16.5. The molecule has 0 N–H and O–H groups in total. The molecule has 0 fully saturated rings. The smallest absolute Gasteiger partial charge is 0.223 e. The van der Waals surface area contributed by atoms with Crippen LogP contribution in [-0.2, 0) is 17.8 Å². The second-order valence-electron chi connectivity index (χ2n) is 5.78. The van der Waals surface area contributed by atoms with Gasteiger partial charge in [-0.3, -0.25) is 4.79 Å². The van der Waals surface area contributed by atoms with Gasteiger partial charge in [-0.05, 0) is 36.8 Å². The molecule has 0 saturated heterocycles. The minimum absolute atomic E-state index is 0.159. The van der Waals surface area contributed by atoms with Crippen LogP contribution >= 0.6 is 0 Å². The van der Waals surface area contributed by atoms with Crippen molar-refractivity contribution in [2.45, 2.75) is 45.6 Å². The van der Waals surface area contributed by atoms with E-state index in [9.17, 15) is 4.79 Å². The third-order valence-electron chi connectivity index (χ3n) is 4.31. The van der Waals surface area contributed by atoms with Crippen molar-refractivity contribution in [2.24, 2.45) is 0 Å². The lowest BCUT2D eigenvalue weighted by Gasteiger charge is -2.21. The molecule has 1 heterocycles. The summed E-state index contributed by atoms with van der Waals surface area (Å²) < 4.78 is 4.97. The first-order valence-electron chi connectivity index (χ1n) is 7.82. The molecule has 1 aromatic heterocycles. The summed E-state index contributed by atoms with van der Waals surface area (Å²) in [7, 11) is 0. The first kappa shape index (κ1) is 14.8. The minimum atomic E-state index is 0.159. The summed E-state index contributed by atoms with van der Waals surface area (Å²) in [4.78, 5) is 18.6. The molecule has 2 aromatic rings. The quantitative estimate of drug-likeness (QED) is 0.852. The van der Waals surface area contributed by atoms with Crippen molar-refractivity contribution in [1.82, 2.24) is 15.0 Å². The van der Waals surface area contributed by atoms with Gasteiger partial charge >= 0.3 is 0 Å². The normalized spacial score (nSPS) is 16.5. The summed E-state index contributed by atoms with van der Waals surface area (Å²) in [5.41, 5.74) is 2.72. The van der Waals surface area contributed by atoms with Crippen LogP contribution in [0.15, 0.2) is 28.8 Å². The van der Waals surface area contributed by atoms with E-state index in [4.69, 9.17) is 4.52 Å². The molecule has 0 spiro atoms. The zero-order valence-electron chi connectivity index (χ0n) is 13.1. The van der Waals surface area contributed by atoms with Crippen molar-refractivity contribution in [1.29, 1.82) is 0 Å². The second kappa shape index (κ2) is 6.30. The van der Waals surface area contributed by atoms with Crippen LogP contribution < -0.4 is 0 Å². The van der Waals surface area contributed by atoms with Crippen LogP contribution in [0.4, 0.5) is 0 Å². The molecule has 5 nitrogen and oxygen atoms in total. The summed E-state index contributed by atoms with van der Waals surface area (Å²) in [5, 5.41) is 3.87. The fourth-order valence-corrected chi connectivity index (χ4v) is 3.15. The highest BCUT2D eigenvalue weighted by Crippen LogP contribution is 2.35. The fourth-order valence-electron chi connectivity index (χ4n) is 3.15. The number of carbonyl (C=O) groups is 1. The number of carbonyl (C=O) groups excluding carboxylic acids is 1. The average Bonchev–Trinajstić information content (AvgIpc) is 3.11. The van der Waals surface area contributed by atoms with Gasteiger partial charge in [-0.25, -0.2) is 0 Å². The molecule has 0 bridgehead atoms. The van der Waals surface area contributed by atoms with E-state index >= 15 is 0 Å². The van der Waals surface area contributed by atoms with Crippen molar-refractivity contribution in [3.63, 3.8) is 0 Å². The van der Waals surface area contributed by atoms with E-state index in [1.807, 2.05) is 6.92 Å². The van der Waals surface area contributed by atoms with Gasteiger partial charge < -0.3 is 9.42 Å². The Labute approximate surface area is 130 Å². The summed E-state index contributed by atoms with van der Waals surface area (Å²) in [6, 6.07) is 8.44. The Morgan fingerprint density at radius 3 is 2.95 bits per heavy atom. The fraction of sp³-hybridized carbons (Fsp3) is 0.471. The van der Waals surface area contributed by atoms with E-state index in [1.165, 1.54) is 11.1 Å². The zero-order chi connectivity index (χ0) is 15.5. The van der Waals surface area contributed by atoms with Crippen molar-refractivity contribution in [3.8, 4) is 0 Å².